The second kappa shape index (κ2) is 10.8. The zero-order chi connectivity index (χ0) is 22.3. The standard InChI is InChI=1S/C28H33N3O2/c1-2-8-23(9-3-1)22-31-25-11-5-4-10-24(25)28-26(31)12-6-13-27(28)33-19-15-29-14-7-16-30-17-20-32-21-18-30/h1-6,8-13,29H,7,14-22H2. The molecule has 3 aromatic carbocycles. The third-order valence-electron chi connectivity index (χ3n) is 6.41. The van der Waals surface area contributed by atoms with E-state index in [9.17, 15) is 0 Å². The lowest BCUT2D eigenvalue weighted by molar-refractivity contribution is 0.0374. The summed E-state index contributed by atoms with van der Waals surface area (Å²) < 4.78 is 14.1. The second-order valence-corrected chi connectivity index (χ2v) is 8.65. The van der Waals surface area contributed by atoms with Crippen LogP contribution in [0.25, 0.3) is 21.8 Å². The lowest BCUT2D eigenvalue weighted by Gasteiger charge is -2.26. The second-order valence-electron chi connectivity index (χ2n) is 8.65. The average Bonchev–Trinajstić information content (AvgIpc) is 3.19. The van der Waals surface area contributed by atoms with E-state index in [0.29, 0.717) is 6.61 Å². The summed E-state index contributed by atoms with van der Waals surface area (Å²) in [6.07, 6.45) is 1.16. The molecule has 0 amide bonds. The van der Waals surface area contributed by atoms with Gasteiger partial charge in [0.15, 0.2) is 0 Å². The molecule has 1 aromatic heterocycles. The highest BCUT2D eigenvalue weighted by atomic mass is 16.5. The fraction of sp³-hybridized carbons (Fsp3) is 0.357. The summed E-state index contributed by atoms with van der Waals surface area (Å²) in [4.78, 5) is 2.48. The third kappa shape index (κ3) is 5.22. The minimum absolute atomic E-state index is 0.662. The van der Waals surface area contributed by atoms with Crippen molar-refractivity contribution >= 4 is 21.8 Å². The van der Waals surface area contributed by atoms with Crippen molar-refractivity contribution in [2.24, 2.45) is 0 Å². The summed E-state index contributed by atoms with van der Waals surface area (Å²) in [7, 11) is 0. The molecule has 0 aliphatic carbocycles. The van der Waals surface area contributed by atoms with Crippen LogP contribution in [0.2, 0.25) is 0 Å². The topological polar surface area (TPSA) is 38.7 Å². The molecular weight excluding hydrogens is 410 g/mol. The maximum Gasteiger partial charge on any atom is 0.129 e. The fourth-order valence-electron chi connectivity index (χ4n) is 4.73. The van der Waals surface area contributed by atoms with E-state index in [1.165, 1.54) is 27.4 Å². The van der Waals surface area contributed by atoms with Crippen molar-refractivity contribution in [1.29, 1.82) is 0 Å². The number of para-hydroxylation sites is 1. The number of nitrogens with one attached hydrogen (secondary N) is 1. The Morgan fingerprint density at radius 2 is 1.61 bits per heavy atom. The summed E-state index contributed by atoms with van der Waals surface area (Å²) in [5, 5.41) is 5.98. The normalized spacial score (nSPS) is 14.8. The minimum atomic E-state index is 0.662. The molecule has 5 heteroatoms. The molecule has 4 aromatic rings. The number of nitrogens with zero attached hydrogens (tertiary/aromatic N) is 2. The van der Waals surface area contributed by atoms with Gasteiger partial charge in [0, 0.05) is 42.5 Å². The van der Waals surface area contributed by atoms with E-state index in [1.807, 2.05) is 0 Å². The van der Waals surface area contributed by atoms with Gasteiger partial charge in [-0.25, -0.2) is 0 Å². The molecule has 33 heavy (non-hydrogen) atoms. The summed E-state index contributed by atoms with van der Waals surface area (Å²) in [6.45, 7) is 8.37. The SMILES string of the molecule is c1ccc(Cn2c3ccccc3c3c(OCCNCCCN4CCOCC4)cccc32)cc1. The molecule has 0 radical (unpaired) electrons. The van der Waals surface area contributed by atoms with Crippen LogP contribution in [0.15, 0.2) is 72.8 Å². The van der Waals surface area contributed by atoms with Gasteiger partial charge in [-0.15, -0.1) is 0 Å². The Morgan fingerprint density at radius 3 is 2.48 bits per heavy atom. The highest BCUT2D eigenvalue weighted by Crippen LogP contribution is 2.36. The predicted molar refractivity (Wildman–Crippen MR) is 135 cm³/mol. The summed E-state index contributed by atoms with van der Waals surface area (Å²) in [5.41, 5.74) is 3.76. The zero-order valence-corrected chi connectivity index (χ0v) is 19.2. The Labute approximate surface area is 195 Å². The number of ether oxygens (including phenoxy) is 2. The smallest absolute Gasteiger partial charge is 0.129 e. The van der Waals surface area contributed by atoms with E-state index >= 15 is 0 Å². The van der Waals surface area contributed by atoms with Crippen LogP contribution in [0.1, 0.15) is 12.0 Å². The molecule has 1 aliphatic heterocycles. The van der Waals surface area contributed by atoms with Gasteiger partial charge in [-0.05, 0) is 43.3 Å². The molecule has 0 bridgehead atoms. The van der Waals surface area contributed by atoms with Crippen molar-refractivity contribution in [1.82, 2.24) is 14.8 Å². The maximum atomic E-state index is 6.28. The number of morpholine rings is 1. The van der Waals surface area contributed by atoms with Crippen molar-refractivity contribution < 1.29 is 9.47 Å². The summed E-state index contributed by atoms with van der Waals surface area (Å²) in [5.74, 6) is 0.964. The van der Waals surface area contributed by atoms with Gasteiger partial charge in [0.1, 0.15) is 12.4 Å². The molecule has 2 heterocycles. The summed E-state index contributed by atoms with van der Waals surface area (Å²) in [6, 6.07) is 25.7. The number of rotatable bonds is 10. The van der Waals surface area contributed by atoms with Gasteiger partial charge in [0.25, 0.3) is 0 Å². The first-order valence-electron chi connectivity index (χ1n) is 12.1. The molecule has 0 spiro atoms. The van der Waals surface area contributed by atoms with Crippen LogP contribution in [0.5, 0.6) is 5.75 Å². The van der Waals surface area contributed by atoms with Crippen molar-refractivity contribution in [2.45, 2.75) is 13.0 Å². The number of hydrogen-bond acceptors (Lipinski definition) is 4. The quantitative estimate of drug-likeness (QED) is 0.366. The molecule has 1 N–H and O–H groups in total. The molecule has 5 nitrogen and oxygen atoms in total. The molecule has 1 fully saturated rings. The third-order valence-corrected chi connectivity index (χ3v) is 6.41. The van der Waals surface area contributed by atoms with Gasteiger partial charge < -0.3 is 19.4 Å². The predicted octanol–water partition coefficient (Wildman–Crippen LogP) is 4.53. The maximum absolute atomic E-state index is 6.28. The zero-order valence-electron chi connectivity index (χ0n) is 19.2. The number of aromatic nitrogens is 1. The molecular formula is C28H33N3O2. The molecule has 1 aliphatic rings. The van der Waals surface area contributed by atoms with Gasteiger partial charge in [0.2, 0.25) is 0 Å². The largest absolute Gasteiger partial charge is 0.492 e. The van der Waals surface area contributed by atoms with Gasteiger partial charge in [-0.2, -0.15) is 0 Å². The van der Waals surface area contributed by atoms with Crippen LogP contribution < -0.4 is 10.1 Å². The van der Waals surface area contributed by atoms with E-state index in [4.69, 9.17) is 9.47 Å². The first kappa shape index (κ1) is 22.0. The number of hydrogen-bond donors (Lipinski definition) is 1. The van der Waals surface area contributed by atoms with Crippen molar-refractivity contribution in [2.75, 3.05) is 52.5 Å². The number of benzene rings is 3. The Balaban J connectivity index is 1.24. The molecule has 5 rings (SSSR count). The average molecular weight is 444 g/mol. The summed E-state index contributed by atoms with van der Waals surface area (Å²) >= 11 is 0. The van der Waals surface area contributed by atoms with Crippen LogP contribution in [0.4, 0.5) is 0 Å². The Morgan fingerprint density at radius 1 is 0.818 bits per heavy atom. The Kier molecular flexibility index (Phi) is 7.21. The first-order chi connectivity index (χ1) is 16.4. The van der Waals surface area contributed by atoms with Gasteiger partial charge in [-0.3, -0.25) is 4.90 Å². The van der Waals surface area contributed by atoms with E-state index < -0.39 is 0 Å². The Bertz CT molecular complexity index is 1170. The van der Waals surface area contributed by atoms with Crippen LogP contribution in [0.3, 0.4) is 0 Å². The highest BCUT2D eigenvalue weighted by Gasteiger charge is 2.14. The first-order valence-corrected chi connectivity index (χ1v) is 12.1. The highest BCUT2D eigenvalue weighted by molar-refractivity contribution is 6.11. The van der Waals surface area contributed by atoms with Crippen molar-refractivity contribution in [3.63, 3.8) is 0 Å². The van der Waals surface area contributed by atoms with E-state index in [2.05, 4.69) is 87.6 Å². The fourth-order valence-corrected chi connectivity index (χ4v) is 4.73. The monoisotopic (exact) mass is 443 g/mol. The van der Waals surface area contributed by atoms with E-state index in [-0.39, 0.29) is 0 Å². The van der Waals surface area contributed by atoms with Gasteiger partial charge in [0.05, 0.1) is 18.7 Å². The van der Waals surface area contributed by atoms with Crippen LogP contribution >= 0.6 is 0 Å². The molecule has 0 unspecified atom stereocenters. The molecule has 0 saturated carbocycles. The van der Waals surface area contributed by atoms with E-state index in [1.54, 1.807) is 0 Å². The minimum Gasteiger partial charge on any atom is -0.492 e. The number of fused-ring (bicyclic) bond motifs is 3. The molecule has 172 valence electrons. The molecule has 1 saturated heterocycles. The lowest BCUT2D eigenvalue weighted by atomic mass is 10.1. The van der Waals surface area contributed by atoms with Crippen molar-refractivity contribution in [3.05, 3.63) is 78.4 Å². The van der Waals surface area contributed by atoms with Gasteiger partial charge in [-0.1, -0.05) is 54.6 Å². The van der Waals surface area contributed by atoms with Crippen molar-refractivity contribution in [3.8, 4) is 5.75 Å². The van der Waals surface area contributed by atoms with E-state index in [0.717, 1.165) is 64.7 Å². The van der Waals surface area contributed by atoms with Crippen LogP contribution in [0, 0.1) is 0 Å². The van der Waals surface area contributed by atoms with Crippen LogP contribution in [-0.2, 0) is 11.3 Å². The van der Waals surface area contributed by atoms with Gasteiger partial charge >= 0.3 is 0 Å². The Hall–Kier alpha value is -2.86. The lowest BCUT2D eigenvalue weighted by Crippen LogP contribution is -2.37. The molecule has 0 atom stereocenters. The van der Waals surface area contributed by atoms with Crippen LogP contribution in [-0.4, -0.2) is 62.0 Å².